The largest absolute Gasteiger partial charge is 0.337 e. The van der Waals surface area contributed by atoms with Crippen LogP contribution < -0.4 is 0 Å². The highest BCUT2D eigenvalue weighted by atomic mass is 32.2. The van der Waals surface area contributed by atoms with Gasteiger partial charge < -0.3 is 4.90 Å². The molecule has 0 radical (unpaired) electrons. The standard InChI is InChI=1S/C27H30N2O3S/c1-20-15-21(2)27(22(3)16-20)33(31,32)29(17-23-9-5-4-6-10-23)19-26(30)28-14-13-24-11-7-8-12-25(24)18-28/h4-12,15-16H,13-14,17-19H2,1-3H3. The molecule has 0 saturated carbocycles. The van der Waals surface area contributed by atoms with Crippen molar-refractivity contribution in [3.05, 3.63) is 100 Å². The maximum Gasteiger partial charge on any atom is 0.244 e. The number of carbonyl (C=O) groups excluding carboxylic acids is 1. The van der Waals surface area contributed by atoms with E-state index in [0.717, 1.165) is 23.1 Å². The van der Waals surface area contributed by atoms with Crippen LogP contribution >= 0.6 is 0 Å². The summed E-state index contributed by atoms with van der Waals surface area (Å²) in [5.74, 6) is -0.175. The zero-order valence-corrected chi connectivity index (χ0v) is 20.2. The number of nitrogens with zero attached hydrogens (tertiary/aromatic N) is 2. The highest BCUT2D eigenvalue weighted by Crippen LogP contribution is 2.27. The number of sulfonamides is 1. The number of hydrogen-bond acceptors (Lipinski definition) is 3. The molecule has 0 fully saturated rings. The van der Waals surface area contributed by atoms with E-state index in [1.54, 1.807) is 4.90 Å². The molecule has 0 atom stereocenters. The third-order valence-corrected chi connectivity index (χ3v) is 8.30. The van der Waals surface area contributed by atoms with Crippen LogP contribution in [0.25, 0.3) is 0 Å². The van der Waals surface area contributed by atoms with Gasteiger partial charge in [0.15, 0.2) is 0 Å². The van der Waals surface area contributed by atoms with E-state index in [1.807, 2.05) is 81.4 Å². The Morgan fingerprint density at radius 2 is 1.52 bits per heavy atom. The van der Waals surface area contributed by atoms with Gasteiger partial charge in [0.1, 0.15) is 0 Å². The van der Waals surface area contributed by atoms with Crippen LogP contribution in [-0.4, -0.2) is 36.6 Å². The van der Waals surface area contributed by atoms with E-state index in [4.69, 9.17) is 0 Å². The van der Waals surface area contributed by atoms with Crippen LogP contribution in [0, 0.1) is 20.8 Å². The molecule has 4 rings (SSSR count). The summed E-state index contributed by atoms with van der Waals surface area (Å²) in [4.78, 5) is 15.4. The van der Waals surface area contributed by atoms with E-state index >= 15 is 0 Å². The number of carbonyl (C=O) groups is 1. The Hall–Kier alpha value is -2.96. The number of hydrogen-bond donors (Lipinski definition) is 0. The zero-order valence-electron chi connectivity index (χ0n) is 19.4. The molecule has 5 nitrogen and oxygen atoms in total. The predicted molar refractivity (Wildman–Crippen MR) is 130 cm³/mol. The second-order valence-corrected chi connectivity index (χ2v) is 10.7. The van der Waals surface area contributed by atoms with Crippen molar-refractivity contribution in [2.45, 2.75) is 45.2 Å². The molecule has 0 spiro atoms. The Kier molecular flexibility index (Phi) is 6.68. The topological polar surface area (TPSA) is 57.7 Å². The summed E-state index contributed by atoms with van der Waals surface area (Å²) in [6.07, 6.45) is 0.781. The second-order valence-electron chi connectivity index (χ2n) is 8.82. The molecule has 3 aromatic carbocycles. The molecule has 33 heavy (non-hydrogen) atoms. The Balaban J connectivity index is 1.65. The Labute approximate surface area is 196 Å². The van der Waals surface area contributed by atoms with Gasteiger partial charge in [-0.2, -0.15) is 4.31 Å². The normalized spacial score (nSPS) is 13.8. The molecule has 1 aliphatic heterocycles. The summed E-state index contributed by atoms with van der Waals surface area (Å²) in [6.45, 7) is 6.65. The molecular weight excluding hydrogens is 432 g/mol. The first-order valence-corrected chi connectivity index (χ1v) is 12.7. The molecule has 1 heterocycles. The Morgan fingerprint density at radius 1 is 0.909 bits per heavy atom. The maximum atomic E-state index is 13.9. The number of fused-ring (bicyclic) bond motifs is 1. The van der Waals surface area contributed by atoms with Gasteiger partial charge in [0.05, 0.1) is 11.4 Å². The lowest BCUT2D eigenvalue weighted by Gasteiger charge is -2.31. The second kappa shape index (κ2) is 9.49. The van der Waals surface area contributed by atoms with Gasteiger partial charge in [-0.25, -0.2) is 8.42 Å². The van der Waals surface area contributed by atoms with Crippen molar-refractivity contribution in [2.24, 2.45) is 0 Å². The molecule has 3 aromatic rings. The van der Waals surface area contributed by atoms with E-state index in [9.17, 15) is 13.2 Å². The smallest absolute Gasteiger partial charge is 0.244 e. The van der Waals surface area contributed by atoms with Crippen molar-refractivity contribution in [3.63, 3.8) is 0 Å². The summed E-state index contributed by atoms with van der Waals surface area (Å²) in [5, 5.41) is 0. The first kappa shape index (κ1) is 23.2. The minimum atomic E-state index is -3.89. The fourth-order valence-electron chi connectivity index (χ4n) is 4.68. The molecule has 1 amide bonds. The van der Waals surface area contributed by atoms with Gasteiger partial charge in [0.2, 0.25) is 15.9 Å². The molecule has 0 aromatic heterocycles. The quantitative estimate of drug-likeness (QED) is 0.546. The zero-order chi connectivity index (χ0) is 23.6. The van der Waals surface area contributed by atoms with E-state index < -0.39 is 10.0 Å². The minimum absolute atomic E-state index is 0.145. The van der Waals surface area contributed by atoms with Gasteiger partial charge in [-0.3, -0.25) is 4.79 Å². The number of amides is 1. The van der Waals surface area contributed by atoms with Gasteiger partial charge in [-0.05, 0) is 55.0 Å². The predicted octanol–water partition coefficient (Wildman–Crippen LogP) is 4.39. The number of benzene rings is 3. The summed E-state index contributed by atoms with van der Waals surface area (Å²) >= 11 is 0. The molecule has 0 aliphatic carbocycles. The van der Waals surface area contributed by atoms with Gasteiger partial charge in [0.25, 0.3) is 0 Å². The van der Waals surface area contributed by atoms with E-state index in [0.29, 0.717) is 29.1 Å². The van der Waals surface area contributed by atoms with Crippen molar-refractivity contribution in [1.29, 1.82) is 0 Å². The van der Waals surface area contributed by atoms with Crippen LogP contribution in [0.4, 0.5) is 0 Å². The number of rotatable bonds is 6. The van der Waals surface area contributed by atoms with Gasteiger partial charge in [-0.1, -0.05) is 72.3 Å². The van der Waals surface area contributed by atoms with E-state index in [-0.39, 0.29) is 19.0 Å². The molecule has 0 bridgehead atoms. The third kappa shape index (κ3) is 5.02. The molecule has 0 N–H and O–H groups in total. The molecule has 6 heteroatoms. The number of aryl methyl sites for hydroxylation is 3. The first-order chi connectivity index (χ1) is 15.8. The summed E-state index contributed by atoms with van der Waals surface area (Å²) in [7, 11) is -3.89. The van der Waals surface area contributed by atoms with Gasteiger partial charge in [-0.15, -0.1) is 0 Å². The van der Waals surface area contributed by atoms with Crippen LogP contribution in [0.1, 0.15) is 33.4 Å². The first-order valence-electron chi connectivity index (χ1n) is 11.2. The minimum Gasteiger partial charge on any atom is -0.337 e. The lowest BCUT2D eigenvalue weighted by atomic mass is 10.00. The molecule has 0 saturated heterocycles. The average molecular weight is 463 g/mol. The van der Waals surface area contributed by atoms with Crippen molar-refractivity contribution in [1.82, 2.24) is 9.21 Å². The SMILES string of the molecule is Cc1cc(C)c(S(=O)(=O)N(CC(=O)N2CCc3ccccc3C2)Cc2ccccc2)c(C)c1. The molecular formula is C27H30N2O3S. The highest BCUT2D eigenvalue weighted by molar-refractivity contribution is 7.89. The van der Waals surface area contributed by atoms with Gasteiger partial charge in [0, 0.05) is 19.6 Å². The summed E-state index contributed by atoms with van der Waals surface area (Å²) in [6, 6.07) is 21.3. The van der Waals surface area contributed by atoms with Crippen molar-refractivity contribution in [3.8, 4) is 0 Å². The third-order valence-electron chi connectivity index (χ3n) is 6.20. The van der Waals surface area contributed by atoms with Gasteiger partial charge >= 0.3 is 0 Å². The fourth-order valence-corrected chi connectivity index (χ4v) is 6.46. The van der Waals surface area contributed by atoms with Crippen LogP contribution in [0.15, 0.2) is 71.6 Å². The maximum absolute atomic E-state index is 13.9. The highest BCUT2D eigenvalue weighted by Gasteiger charge is 2.32. The summed E-state index contributed by atoms with van der Waals surface area (Å²) < 4.78 is 29.1. The fraction of sp³-hybridized carbons (Fsp3) is 0.296. The van der Waals surface area contributed by atoms with Crippen molar-refractivity contribution < 1.29 is 13.2 Å². The van der Waals surface area contributed by atoms with Crippen molar-refractivity contribution >= 4 is 15.9 Å². The van der Waals surface area contributed by atoms with Crippen LogP contribution in [-0.2, 0) is 34.3 Å². The molecule has 172 valence electrons. The average Bonchev–Trinajstić information content (AvgIpc) is 2.78. The molecule has 0 unspecified atom stereocenters. The van der Waals surface area contributed by atoms with E-state index in [2.05, 4.69) is 6.07 Å². The van der Waals surface area contributed by atoms with Crippen molar-refractivity contribution in [2.75, 3.05) is 13.1 Å². The monoisotopic (exact) mass is 462 g/mol. The summed E-state index contributed by atoms with van der Waals surface area (Å²) in [5.41, 5.74) is 5.64. The Morgan fingerprint density at radius 3 is 2.18 bits per heavy atom. The van der Waals surface area contributed by atoms with Crippen LogP contribution in [0.2, 0.25) is 0 Å². The lowest BCUT2D eigenvalue weighted by molar-refractivity contribution is -0.132. The van der Waals surface area contributed by atoms with E-state index in [1.165, 1.54) is 9.87 Å². The Bertz CT molecular complexity index is 1250. The van der Waals surface area contributed by atoms with Crippen LogP contribution in [0.5, 0.6) is 0 Å². The molecule has 1 aliphatic rings. The lowest BCUT2D eigenvalue weighted by Crippen LogP contribution is -2.44. The van der Waals surface area contributed by atoms with Crippen LogP contribution in [0.3, 0.4) is 0 Å².